The van der Waals surface area contributed by atoms with Crippen LogP contribution in [0.2, 0.25) is 5.02 Å². The van der Waals surface area contributed by atoms with Crippen LogP contribution in [-0.2, 0) is 0 Å². The van der Waals surface area contributed by atoms with Gasteiger partial charge < -0.3 is 9.64 Å². The van der Waals surface area contributed by atoms with Crippen molar-refractivity contribution in [3.05, 3.63) is 63.2 Å². The number of methoxy groups -OCH3 is 1. The van der Waals surface area contributed by atoms with Crippen molar-refractivity contribution < 1.29 is 9.13 Å². The van der Waals surface area contributed by atoms with Crippen LogP contribution in [0.4, 0.5) is 9.52 Å². The Balaban J connectivity index is 2.06. The summed E-state index contributed by atoms with van der Waals surface area (Å²) in [5.41, 5.74) is 3.74. The van der Waals surface area contributed by atoms with E-state index >= 15 is 0 Å². The molecule has 3 nitrogen and oxygen atoms in total. The minimum atomic E-state index is -0.247. The maximum atomic E-state index is 13.6. The molecule has 168 valence electrons. The monoisotopic (exact) mass is 470 g/mol. The summed E-state index contributed by atoms with van der Waals surface area (Å²) in [5.74, 6) is 3.28. The number of thiazole rings is 1. The second-order valence-electron chi connectivity index (χ2n) is 7.74. The predicted octanol–water partition coefficient (Wildman–Crippen LogP) is 7.60. The second-order valence-corrected chi connectivity index (χ2v) is 9.33. The summed E-state index contributed by atoms with van der Waals surface area (Å²) >= 11 is 8.18. The summed E-state index contributed by atoms with van der Waals surface area (Å²) in [7, 11) is 1.63. The normalized spacial score (nSPS) is 11.8. The van der Waals surface area contributed by atoms with Crippen LogP contribution in [-0.4, -0.2) is 18.6 Å². The Labute approximate surface area is 199 Å². The number of rotatable bonds is 9. The smallest absolute Gasteiger partial charge is 0.187 e. The van der Waals surface area contributed by atoms with E-state index in [4.69, 9.17) is 27.7 Å². The summed E-state index contributed by atoms with van der Waals surface area (Å²) in [4.78, 5) is 8.18. The topological polar surface area (TPSA) is 25.4 Å². The molecule has 0 aliphatic heterocycles. The van der Waals surface area contributed by atoms with E-state index in [1.54, 1.807) is 18.4 Å². The Bertz CT molecular complexity index is 1100. The second kappa shape index (κ2) is 10.8. The number of nitrogens with zero attached hydrogens (tertiary/aromatic N) is 2. The first-order valence-corrected chi connectivity index (χ1v) is 11.9. The highest BCUT2D eigenvalue weighted by molar-refractivity contribution is 7.16. The lowest BCUT2D eigenvalue weighted by molar-refractivity contribution is 0.412. The van der Waals surface area contributed by atoms with Crippen LogP contribution in [0.1, 0.15) is 48.2 Å². The maximum absolute atomic E-state index is 13.6. The lowest BCUT2D eigenvalue weighted by Crippen LogP contribution is -2.29. The molecular formula is C26H28ClFN2OS. The van der Waals surface area contributed by atoms with Crippen molar-refractivity contribution in [3.63, 3.8) is 0 Å². The highest BCUT2D eigenvalue weighted by Gasteiger charge is 2.25. The number of unbranched alkanes of at least 4 members (excludes halogenated alkanes) is 1. The van der Waals surface area contributed by atoms with E-state index in [9.17, 15) is 4.39 Å². The zero-order valence-electron chi connectivity index (χ0n) is 18.9. The molecule has 0 unspecified atom stereocenters. The van der Waals surface area contributed by atoms with Crippen LogP contribution in [0.5, 0.6) is 5.75 Å². The number of hydrogen-bond acceptors (Lipinski definition) is 4. The molecule has 0 bridgehead atoms. The molecule has 2 aromatic carbocycles. The Morgan fingerprint density at radius 3 is 2.59 bits per heavy atom. The average molecular weight is 471 g/mol. The SMILES string of the molecule is C#CCN(c1nc(-c2cc(C)c(OC)cc2Cl)c(C)s1)[C@@H](CCCC)c1ccc(F)cc1. The van der Waals surface area contributed by atoms with Crippen molar-refractivity contribution in [1.82, 2.24) is 4.98 Å². The number of hydrogen-bond donors (Lipinski definition) is 0. The summed E-state index contributed by atoms with van der Waals surface area (Å²) in [5, 5.41) is 1.43. The molecule has 6 heteroatoms. The first kappa shape index (κ1) is 24.1. The van der Waals surface area contributed by atoms with Gasteiger partial charge in [0.1, 0.15) is 11.6 Å². The minimum Gasteiger partial charge on any atom is -0.496 e. The number of aromatic nitrogens is 1. The largest absolute Gasteiger partial charge is 0.496 e. The van der Waals surface area contributed by atoms with Crippen molar-refractivity contribution in [2.24, 2.45) is 0 Å². The highest BCUT2D eigenvalue weighted by Crippen LogP contribution is 2.41. The van der Waals surface area contributed by atoms with Gasteiger partial charge in [-0.3, -0.25) is 0 Å². The van der Waals surface area contributed by atoms with Crippen LogP contribution in [0, 0.1) is 32.0 Å². The number of benzene rings is 2. The summed E-state index contributed by atoms with van der Waals surface area (Å²) in [6.07, 6.45) is 8.75. The highest BCUT2D eigenvalue weighted by atomic mass is 35.5. The molecule has 0 saturated carbocycles. The standard InChI is InChI=1S/C26H28ClFN2OS/c1-6-8-9-23(19-10-12-20(28)13-11-19)30(14-7-2)26-29-25(18(4)32-26)21-15-17(3)24(31-5)16-22(21)27/h2,10-13,15-16,23H,6,8-9,14H2,1,3-5H3/t23-/m0/s1. The molecule has 0 spiro atoms. The molecule has 1 aromatic heterocycles. The molecule has 0 N–H and O–H groups in total. The quantitative estimate of drug-likeness (QED) is 0.301. The van der Waals surface area contributed by atoms with Crippen LogP contribution in [0.15, 0.2) is 36.4 Å². The molecule has 3 aromatic rings. The minimum absolute atomic E-state index is 0.0121. The Morgan fingerprint density at radius 1 is 1.25 bits per heavy atom. The number of ether oxygens (including phenoxy) is 1. The molecule has 0 radical (unpaired) electrons. The lowest BCUT2D eigenvalue weighted by atomic mass is 9.99. The molecule has 1 atom stereocenters. The first-order chi connectivity index (χ1) is 15.4. The van der Waals surface area contributed by atoms with Crippen LogP contribution < -0.4 is 9.64 Å². The van der Waals surface area contributed by atoms with Gasteiger partial charge in [-0.15, -0.1) is 17.8 Å². The van der Waals surface area contributed by atoms with Gasteiger partial charge in [-0.1, -0.05) is 49.4 Å². The molecule has 0 amide bonds. The molecular weight excluding hydrogens is 443 g/mol. The molecule has 0 saturated heterocycles. The van der Waals surface area contributed by atoms with E-state index < -0.39 is 0 Å². The third kappa shape index (κ3) is 5.26. The third-order valence-corrected chi connectivity index (χ3v) is 6.82. The fourth-order valence-electron chi connectivity index (χ4n) is 3.81. The van der Waals surface area contributed by atoms with Crippen LogP contribution in [0.25, 0.3) is 11.3 Å². The lowest BCUT2D eigenvalue weighted by Gasteiger charge is -2.30. The van der Waals surface area contributed by atoms with Crippen molar-refractivity contribution in [1.29, 1.82) is 0 Å². The maximum Gasteiger partial charge on any atom is 0.187 e. The van der Waals surface area contributed by atoms with Crippen molar-refractivity contribution in [3.8, 4) is 29.4 Å². The van der Waals surface area contributed by atoms with E-state index in [1.807, 2.05) is 38.1 Å². The number of anilines is 1. The van der Waals surface area contributed by atoms with Gasteiger partial charge in [-0.05, 0) is 55.7 Å². The fourth-order valence-corrected chi connectivity index (χ4v) is 5.03. The zero-order chi connectivity index (χ0) is 23.3. The fraction of sp³-hybridized carbons (Fsp3) is 0.346. The predicted molar refractivity (Wildman–Crippen MR) is 133 cm³/mol. The first-order valence-electron chi connectivity index (χ1n) is 10.7. The van der Waals surface area contributed by atoms with Crippen molar-refractivity contribution in [2.75, 3.05) is 18.6 Å². The van der Waals surface area contributed by atoms with Gasteiger partial charge in [-0.2, -0.15) is 0 Å². The van der Waals surface area contributed by atoms with E-state index in [0.29, 0.717) is 11.6 Å². The van der Waals surface area contributed by atoms with Crippen LogP contribution >= 0.6 is 22.9 Å². The molecule has 32 heavy (non-hydrogen) atoms. The van der Waals surface area contributed by atoms with Crippen molar-refractivity contribution >= 4 is 28.1 Å². The van der Waals surface area contributed by atoms with Gasteiger partial charge in [0.05, 0.1) is 30.4 Å². The van der Waals surface area contributed by atoms with Gasteiger partial charge >= 0.3 is 0 Å². The van der Waals surface area contributed by atoms with E-state index in [1.165, 1.54) is 12.1 Å². The van der Waals surface area contributed by atoms with Gasteiger partial charge in [0, 0.05) is 10.4 Å². The Hall–Kier alpha value is -2.55. The third-order valence-electron chi connectivity index (χ3n) is 5.49. The van der Waals surface area contributed by atoms with Gasteiger partial charge in [0.2, 0.25) is 0 Å². The number of halogens is 2. The summed E-state index contributed by atoms with van der Waals surface area (Å²) in [6.45, 7) is 6.60. The molecule has 0 fully saturated rings. The molecule has 1 heterocycles. The summed E-state index contributed by atoms with van der Waals surface area (Å²) in [6, 6.07) is 10.5. The Morgan fingerprint density at radius 2 is 1.97 bits per heavy atom. The van der Waals surface area contributed by atoms with Gasteiger partial charge in [-0.25, -0.2) is 9.37 Å². The molecule has 0 aliphatic rings. The van der Waals surface area contributed by atoms with E-state index in [0.717, 1.165) is 57.4 Å². The van der Waals surface area contributed by atoms with E-state index in [-0.39, 0.29) is 11.9 Å². The molecule has 3 rings (SSSR count). The average Bonchev–Trinajstić information content (AvgIpc) is 3.16. The molecule has 0 aliphatic carbocycles. The van der Waals surface area contributed by atoms with Gasteiger partial charge in [0.15, 0.2) is 5.13 Å². The summed E-state index contributed by atoms with van der Waals surface area (Å²) < 4.78 is 19.0. The Kier molecular flexibility index (Phi) is 8.17. The number of aryl methyl sites for hydroxylation is 2. The van der Waals surface area contributed by atoms with Crippen molar-refractivity contribution in [2.45, 2.75) is 46.1 Å². The zero-order valence-corrected chi connectivity index (χ0v) is 20.5. The van der Waals surface area contributed by atoms with Gasteiger partial charge in [0.25, 0.3) is 0 Å². The number of terminal acetylenes is 1. The van der Waals surface area contributed by atoms with Crippen LogP contribution in [0.3, 0.4) is 0 Å². The van der Waals surface area contributed by atoms with E-state index in [2.05, 4.69) is 17.7 Å².